The summed E-state index contributed by atoms with van der Waals surface area (Å²) in [5, 5.41) is 2.87. The summed E-state index contributed by atoms with van der Waals surface area (Å²) in [6.07, 6.45) is 3.60. The molecule has 0 saturated carbocycles. The summed E-state index contributed by atoms with van der Waals surface area (Å²) in [5.41, 5.74) is 0. The van der Waals surface area contributed by atoms with Crippen LogP contribution in [0.5, 0.6) is 0 Å². The van der Waals surface area contributed by atoms with Gasteiger partial charge >= 0.3 is 0 Å². The summed E-state index contributed by atoms with van der Waals surface area (Å²) in [4.78, 5) is 25.7. The fourth-order valence-corrected chi connectivity index (χ4v) is 2.56. The molecule has 2 saturated heterocycles. The maximum atomic E-state index is 12.1. The lowest BCUT2D eigenvalue weighted by molar-refractivity contribution is -0.147. The van der Waals surface area contributed by atoms with Crippen molar-refractivity contribution in [2.75, 3.05) is 6.54 Å². The Morgan fingerprint density at radius 3 is 2.94 bits per heavy atom. The third-order valence-corrected chi connectivity index (χ3v) is 3.79. The van der Waals surface area contributed by atoms with Crippen LogP contribution in [0.4, 0.5) is 0 Å². The molecule has 0 bridgehead atoms. The number of fused-ring (bicyclic) bond motifs is 1. The van der Waals surface area contributed by atoms with E-state index in [1.165, 1.54) is 0 Å². The molecular weight excluding hydrogens is 204 g/mol. The van der Waals surface area contributed by atoms with Crippen LogP contribution < -0.4 is 5.32 Å². The van der Waals surface area contributed by atoms with Crippen LogP contribution in [0.25, 0.3) is 0 Å². The Labute approximate surface area is 96.4 Å². The average Bonchev–Trinajstić information content (AvgIpc) is 2.74. The van der Waals surface area contributed by atoms with Gasteiger partial charge in [0.15, 0.2) is 0 Å². The molecule has 4 nitrogen and oxygen atoms in total. The second-order valence-electron chi connectivity index (χ2n) is 5.00. The zero-order valence-corrected chi connectivity index (χ0v) is 10.0. The van der Waals surface area contributed by atoms with Gasteiger partial charge in [0, 0.05) is 6.54 Å². The first-order chi connectivity index (χ1) is 7.63. The van der Waals surface area contributed by atoms with Crippen LogP contribution in [0.2, 0.25) is 0 Å². The molecule has 2 amide bonds. The summed E-state index contributed by atoms with van der Waals surface area (Å²) in [6, 6.07) is -0.461. The van der Waals surface area contributed by atoms with Gasteiger partial charge in [-0.25, -0.2) is 0 Å². The molecule has 2 aliphatic rings. The first kappa shape index (κ1) is 11.4. The Morgan fingerprint density at radius 1 is 1.50 bits per heavy atom. The molecule has 0 aromatic rings. The van der Waals surface area contributed by atoms with Crippen molar-refractivity contribution in [3.63, 3.8) is 0 Å². The minimum atomic E-state index is -0.281. The fraction of sp³-hybridized carbons (Fsp3) is 0.833. The molecule has 4 heteroatoms. The number of piperazine rings is 1. The van der Waals surface area contributed by atoms with Gasteiger partial charge in [-0.1, -0.05) is 20.3 Å². The Kier molecular flexibility index (Phi) is 3.17. The third-order valence-electron chi connectivity index (χ3n) is 3.79. The van der Waals surface area contributed by atoms with Crippen LogP contribution in [-0.4, -0.2) is 35.3 Å². The van der Waals surface area contributed by atoms with Crippen molar-refractivity contribution < 1.29 is 9.59 Å². The van der Waals surface area contributed by atoms with Crippen LogP contribution in [0.15, 0.2) is 0 Å². The maximum absolute atomic E-state index is 12.1. The van der Waals surface area contributed by atoms with E-state index in [0.717, 1.165) is 32.2 Å². The van der Waals surface area contributed by atoms with Crippen LogP contribution in [0.1, 0.15) is 39.5 Å². The summed E-state index contributed by atoms with van der Waals surface area (Å²) >= 11 is 0. The molecule has 90 valence electrons. The van der Waals surface area contributed by atoms with Crippen LogP contribution in [-0.2, 0) is 9.59 Å². The number of hydrogen-bond acceptors (Lipinski definition) is 2. The van der Waals surface area contributed by atoms with E-state index < -0.39 is 0 Å². The molecule has 2 fully saturated rings. The molecule has 2 rings (SSSR count). The third kappa shape index (κ3) is 1.93. The van der Waals surface area contributed by atoms with E-state index in [1.807, 2.05) is 0 Å². The topological polar surface area (TPSA) is 49.4 Å². The van der Waals surface area contributed by atoms with Crippen molar-refractivity contribution in [2.45, 2.75) is 51.6 Å². The van der Waals surface area contributed by atoms with Gasteiger partial charge in [0.25, 0.3) is 0 Å². The highest BCUT2D eigenvalue weighted by molar-refractivity contribution is 5.97. The summed E-state index contributed by atoms with van der Waals surface area (Å²) < 4.78 is 0. The van der Waals surface area contributed by atoms with Crippen molar-refractivity contribution in [3.8, 4) is 0 Å². The number of carbonyl (C=O) groups is 2. The van der Waals surface area contributed by atoms with Gasteiger partial charge in [-0.2, -0.15) is 0 Å². The van der Waals surface area contributed by atoms with Gasteiger partial charge < -0.3 is 10.2 Å². The molecule has 2 heterocycles. The van der Waals surface area contributed by atoms with E-state index in [2.05, 4.69) is 19.2 Å². The van der Waals surface area contributed by atoms with E-state index in [1.54, 1.807) is 4.90 Å². The highest BCUT2D eigenvalue weighted by Crippen LogP contribution is 2.24. The lowest BCUT2D eigenvalue weighted by Gasteiger charge is -2.35. The molecule has 0 aromatic heterocycles. The number of rotatable bonds is 3. The molecule has 0 aliphatic carbocycles. The smallest absolute Gasteiger partial charge is 0.245 e. The fourth-order valence-electron chi connectivity index (χ4n) is 2.56. The highest BCUT2D eigenvalue weighted by Gasteiger charge is 2.42. The highest BCUT2D eigenvalue weighted by atomic mass is 16.2. The number of nitrogens with one attached hydrogen (secondary N) is 1. The predicted molar refractivity (Wildman–Crippen MR) is 60.7 cm³/mol. The normalized spacial score (nSPS) is 31.2. The van der Waals surface area contributed by atoms with Crippen molar-refractivity contribution >= 4 is 11.8 Å². The molecule has 2 aliphatic heterocycles. The van der Waals surface area contributed by atoms with E-state index in [0.29, 0.717) is 5.92 Å². The Morgan fingerprint density at radius 2 is 2.25 bits per heavy atom. The number of hydrogen-bond donors (Lipinski definition) is 1. The molecule has 0 radical (unpaired) electrons. The van der Waals surface area contributed by atoms with Gasteiger partial charge in [0.05, 0.1) is 0 Å². The average molecular weight is 224 g/mol. The Hall–Kier alpha value is -1.06. The number of carbonyl (C=O) groups excluding carboxylic acids is 2. The largest absolute Gasteiger partial charge is 0.342 e. The molecule has 1 N–H and O–H groups in total. The summed E-state index contributed by atoms with van der Waals surface area (Å²) in [7, 11) is 0. The molecule has 0 aromatic carbocycles. The summed E-state index contributed by atoms with van der Waals surface area (Å²) in [6.45, 7) is 4.99. The van der Waals surface area contributed by atoms with Crippen molar-refractivity contribution in [1.29, 1.82) is 0 Å². The van der Waals surface area contributed by atoms with Gasteiger partial charge in [-0.3, -0.25) is 9.59 Å². The molecule has 0 spiro atoms. The quantitative estimate of drug-likeness (QED) is 0.774. The van der Waals surface area contributed by atoms with E-state index in [4.69, 9.17) is 0 Å². The number of nitrogens with zero attached hydrogens (tertiary/aromatic N) is 1. The Balaban J connectivity index is 2.05. The van der Waals surface area contributed by atoms with Crippen LogP contribution in [0, 0.1) is 5.92 Å². The molecule has 16 heavy (non-hydrogen) atoms. The number of amides is 2. The van der Waals surface area contributed by atoms with Crippen molar-refractivity contribution in [3.05, 3.63) is 0 Å². The van der Waals surface area contributed by atoms with Gasteiger partial charge in [-0.05, 0) is 25.2 Å². The standard InChI is InChI=1S/C12H20N2O2/c1-3-8(2)7-9-12(16)14-6-4-5-10(14)11(15)13-9/h8-10H,3-7H2,1-2H3,(H,13,15). The van der Waals surface area contributed by atoms with Gasteiger partial charge in [0.2, 0.25) is 11.8 Å². The van der Waals surface area contributed by atoms with Crippen LogP contribution in [0.3, 0.4) is 0 Å². The van der Waals surface area contributed by atoms with E-state index >= 15 is 0 Å². The summed E-state index contributed by atoms with van der Waals surface area (Å²) in [5.74, 6) is 0.654. The van der Waals surface area contributed by atoms with Crippen molar-refractivity contribution in [1.82, 2.24) is 10.2 Å². The predicted octanol–water partition coefficient (Wildman–Crippen LogP) is 0.912. The molecule has 3 atom stereocenters. The van der Waals surface area contributed by atoms with E-state index in [-0.39, 0.29) is 23.9 Å². The Bertz CT molecular complexity index is 303. The molecule has 3 unspecified atom stereocenters. The zero-order valence-electron chi connectivity index (χ0n) is 10.0. The van der Waals surface area contributed by atoms with Gasteiger partial charge in [0.1, 0.15) is 12.1 Å². The molecular formula is C12H20N2O2. The minimum absolute atomic E-state index is 0.0467. The lowest BCUT2D eigenvalue weighted by atomic mass is 9.96. The minimum Gasteiger partial charge on any atom is -0.342 e. The zero-order chi connectivity index (χ0) is 11.7. The second kappa shape index (κ2) is 4.44. The second-order valence-corrected chi connectivity index (χ2v) is 5.00. The SMILES string of the molecule is CCC(C)CC1NC(=O)C2CCCN2C1=O. The van der Waals surface area contributed by atoms with Crippen molar-refractivity contribution in [2.24, 2.45) is 5.92 Å². The van der Waals surface area contributed by atoms with Gasteiger partial charge in [-0.15, -0.1) is 0 Å². The maximum Gasteiger partial charge on any atom is 0.245 e. The monoisotopic (exact) mass is 224 g/mol. The first-order valence-electron chi connectivity index (χ1n) is 6.24. The van der Waals surface area contributed by atoms with Crippen LogP contribution >= 0.6 is 0 Å². The van der Waals surface area contributed by atoms with E-state index in [9.17, 15) is 9.59 Å². The lowest BCUT2D eigenvalue weighted by Crippen LogP contribution is -2.61. The first-order valence-corrected chi connectivity index (χ1v) is 6.24.